The van der Waals surface area contributed by atoms with Crippen LogP contribution in [-0.2, 0) is 0 Å². The van der Waals surface area contributed by atoms with E-state index in [2.05, 4.69) is 55.8 Å². The molecule has 1 rings (SSSR count). The fraction of sp³-hybridized carbons (Fsp3) is 0.500. The van der Waals surface area contributed by atoms with Gasteiger partial charge in [-0.05, 0) is 29.1 Å². The number of allylic oxidation sites excluding steroid dienone is 2. The summed E-state index contributed by atoms with van der Waals surface area (Å²) in [4.78, 5) is 0. The van der Waals surface area contributed by atoms with Crippen LogP contribution in [0.4, 0.5) is 0 Å². The van der Waals surface area contributed by atoms with Crippen molar-refractivity contribution in [3.8, 4) is 0 Å². The second-order valence-electron chi connectivity index (χ2n) is 4.33. The summed E-state index contributed by atoms with van der Waals surface area (Å²) in [5, 5.41) is 10.4. The van der Waals surface area contributed by atoms with Crippen LogP contribution in [0.2, 0.25) is 0 Å². The quantitative estimate of drug-likeness (QED) is 0.767. The molecule has 0 aliphatic rings. The van der Waals surface area contributed by atoms with Crippen molar-refractivity contribution >= 4 is 6.08 Å². The molecule has 3 heteroatoms. The standard InChI is InChI=1S/C12H19N3/c1-8(2)10(5)12(9(3)4)6-11-7-13-15-14-11/h6-9H,5H2,1-4H3,(H,13,14,15)/b12-6-. The molecule has 0 saturated carbocycles. The molecule has 0 spiro atoms. The van der Waals surface area contributed by atoms with Gasteiger partial charge < -0.3 is 0 Å². The third kappa shape index (κ3) is 3.05. The molecule has 0 bridgehead atoms. The highest BCUT2D eigenvalue weighted by Gasteiger charge is 2.11. The van der Waals surface area contributed by atoms with Crippen molar-refractivity contribution in [2.75, 3.05) is 0 Å². The van der Waals surface area contributed by atoms with E-state index in [1.165, 1.54) is 11.1 Å². The van der Waals surface area contributed by atoms with E-state index in [1.807, 2.05) is 0 Å². The Balaban J connectivity index is 2.98. The third-order valence-corrected chi connectivity index (χ3v) is 2.43. The molecule has 1 aromatic heterocycles. The van der Waals surface area contributed by atoms with E-state index < -0.39 is 0 Å². The number of rotatable bonds is 4. The molecule has 82 valence electrons. The second-order valence-corrected chi connectivity index (χ2v) is 4.33. The Morgan fingerprint density at radius 3 is 2.40 bits per heavy atom. The molecule has 0 amide bonds. The lowest BCUT2D eigenvalue weighted by Crippen LogP contribution is -2.03. The Kier molecular flexibility index (Phi) is 3.83. The van der Waals surface area contributed by atoms with Crippen molar-refractivity contribution in [2.24, 2.45) is 11.8 Å². The number of H-pyrrole nitrogens is 1. The largest absolute Gasteiger partial charge is 0.197 e. The predicted molar refractivity (Wildman–Crippen MR) is 63.2 cm³/mol. The van der Waals surface area contributed by atoms with Crippen LogP contribution in [0.5, 0.6) is 0 Å². The molecule has 0 saturated heterocycles. The topological polar surface area (TPSA) is 41.6 Å². The van der Waals surface area contributed by atoms with Gasteiger partial charge in [-0.25, -0.2) is 0 Å². The number of hydrogen-bond donors (Lipinski definition) is 1. The molecule has 1 N–H and O–H groups in total. The fourth-order valence-corrected chi connectivity index (χ4v) is 1.40. The summed E-state index contributed by atoms with van der Waals surface area (Å²) < 4.78 is 0. The molecule has 0 unspecified atom stereocenters. The van der Waals surface area contributed by atoms with Gasteiger partial charge in [0.25, 0.3) is 0 Å². The molecule has 0 aliphatic carbocycles. The minimum atomic E-state index is 0.455. The van der Waals surface area contributed by atoms with E-state index in [0.29, 0.717) is 11.8 Å². The zero-order valence-electron chi connectivity index (χ0n) is 9.91. The van der Waals surface area contributed by atoms with Crippen LogP contribution in [0.15, 0.2) is 23.9 Å². The zero-order chi connectivity index (χ0) is 11.4. The summed E-state index contributed by atoms with van der Waals surface area (Å²) in [5.74, 6) is 0.919. The third-order valence-electron chi connectivity index (χ3n) is 2.43. The van der Waals surface area contributed by atoms with Gasteiger partial charge in [0.05, 0.1) is 6.20 Å². The summed E-state index contributed by atoms with van der Waals surface area (Å²) in [7, 11) is 0. The van der Waals surface area contributed by atoms with Gasteiger partial charge in [0.1, 0.15) is 5.69 Å². The first-order chi connectivity index (χ1) is 7.02. The van der Waals surface area contributed by atoms with Crippen molar-refractivity contribution in [3.63, 3.8) is 0 Å². The van der Waals surface area contributed by atoms with Gasteiger partial charge in [-0.3, -0.25) is 0 Å². The fourth-order valence-electron chi connectivity index (χ4n) is 1.40. The zero-order valence-corrected chi connectivity index (χ0v) is 9.91. The van der Waals surface area contributed by atoms with Gasteiger partial charge in [0, 0.05) is 0 Å². The first-order valence-electron chi connectivity index (χ1n) is 5.29. The highest BCUT2D eigenvalue weighted by atomic mass is 15.3. The van der Waals surface area contributed by atoms with E-state index in [9.17, 15) is 0 Å². The Labute approximate surface area is 91.3 Å². The van der Waals surface area contributed by atoms with Crippen LogP contribution in [0.1, 0.15) is 33.4 Å². The molecule has 1 heterocycles. The second kappa shape index (κ2) is 4.91. The van der Waals surface area contributed by atoms with Crippen LogP contribution >= 0.6 is 0 Å². The van der Waals surface area contributed by atoms with Gasteiger partial charge in [0.15, 0.2) is 0 Å². The molecule has 15 heavy (non-hydrogen) atoms. The minimum Gasteiger partial charge on any atom is -0.197 e. The number of aromatic nitrogens is 3. The maximum absolute atomic E-state index is 4.13. The first-order valence-corrected chi connectivity index (χ1v) is 5.29. The molecule has 0 aliphatic heterocycles. The highest BCUT2D eigenvalue weighted by Crippen LogP contribution is 2.25. The number of nitrogens with one attached hydrogen (secondary N) is 1. The van der Waals surface area contributed by atoms with E-state index in [1.54, 1.807) is 6.20 Å². The van der Waals surface area contributed by atoms with Gasteiger partial charge in [-0.2, -0.15) is 15.4 Å². The average Bonchev–Trinajstić information content (AvgIpc) is 2.64. The van der Waals surface area contributed by atoms with Crippen LogP contribution in [0.25, 0.3) is 6.08 Å². The van der Waals surface area contributed by atoms with Crippen molar-refractivity contribution in [1.29, 1.82) is 0 Å². The average molecular weight is 205 g/mol. The van der Waals surface area contributed by atoms with E-state index >= 15 is 0 Å². The van der Waals surface area contributed by atoms with Crippen molar-refractivity contribution in [3.05, 3.63) is 29.6 Å². The van der Waals surface area contributed by atoms with Gasteiger partial charge >= 0.3 is 0 Å². The maximum Gasteiger partial charge on any atom is 0.105 e. The van der Waals surface area contributed by atoms with E-state index in [0.717, 1.165) is 5.69 Å². The number of hydrogen-bond acceptors (Lipinski definition) is 2. The van der Waals surface area contributed by atoms with Gasteiger partial charge in [-0.1, -0.05) is 34.3 Å². The Hall–Kier alpha value is -1.38. The van der Waals surface area contributed by atoms with Gasteiger partial charge in [0.2, 0.25) is 0 Å². The molecular formula is C12H19N3. The van der Waals surface area contributed by atoms with Crippen molar-refractivity contribution in [2.45, 2.75) is 27.7 Å². The lowest BCUT2D eigenvalue weighted by molar-refractivity contribution is 0.708. The molecule has 0 atom stereocenters. The van der Waals surface area contributed by atoms with Crippen LogP contribution in [-0.4, -0.2) is 15.4 Å². The maximum atomic E-state index is 4.13. The van der Waals surface area contributed by atoms with E-state index in [-0.39, 0.29) is 0 Å². The summed E-state index contributed by atoms with van der Waals surface area (Å²) in [6.45, 7) is 12.8. The smallest absolute Gasteiger partial charge is 0.105 e. The van der Waals surface area contributed by atoms with Crippen molar-refractivity contribution in [1.82, 2.24) is 15.4 Å². The molecule has 0 radical (unpaired) electrons. The summed E-state index contributed by atoms with van der Waals surface area (Å²) >= 11 is 0. The highest BCUT2D eigenvalue weighted by molar-refractivity contribution is 5.55. The summed E-state index contributed by atoms with van der Waals surface area (Å²) in [6.07, 6.45) is 3.77. The van der Waals surface area contributed by atoms with Gasteiger partial charge in [-0.15, -0.1) is 0 Å². The monoisotopic (exact) mass is 205 g/mol. The number of nitrogens with zero attached hydrogens (tertiary/aromatic N) is 2. The predicted octanol–water partition coefficient (Wildman–Crippen LogP) is 3.06. The molecule has 3 nitrogen and oxygen atoms in total. The minimum absolute atomic E-state index is 0.455. The Morgan fingerprint density at radius 1 is 1.33 bits per heavy atom. The molecular weight excluding hydrogens is 186 g/mol. The van der Waals surface area contributed by atoms with Crippen LogP contribution in [0, 0.1) is 11.8 Å². The van der Waals surface area contributed by atoms with Crippen LogP contribution < -0.4 is 0 Å². The first kappa shape index (κ1) is 11.7. The molecule has 1 aromatic rings. The number of aromatic amines is 1. The Morgan fingerprint density at radius 2 is 2.00 bits per heavy atom. The SMILES string of the molecule is C=C(/C(=C\c1cn[nH]n1)C(C)C)C(C)C. The molecule has 0 fully saturated rings. The summed E-state index contributed by atoms with van der Waals surface area (Å²) in [6, 6.07) is 0. The molecule has 0 aromatic carbocycles. The Bertz CT molecular complexity index is 345. The lowest BCUT2D eigenvalue weighted by atomic mass is 9.89. The van der Waals surface area contributed by atoms with E-state index in [4.69, 9.17) is 0 Å². The lowest BCUT2D eigenvalue weighted by Gasteiger charge is -2.17. The van der Waals surface area contributed by atoms with Crippen LogP contribution in [0.3, 0.4) is 0 Å². The normalized spacial score (nSPS) is 12.5. The summed E-state index contributed by atoms with van der Waals surface area (Å²) in [5.41, 5.74) is 3.28. The van der Waals surface area contributed by atoms with Crippen molar-refractivity contribution < 1.29 is 0 Å².